The quantitative estimate of drug-likeness (QED) is 0.380. The Hall–Kier alpha value is -0.413. The molecule has 1 aliphatic carbocycles. The van der Waals surface area contributed by atoms with Crippen molar-refractivity contribution in [2.45, 2.75) is 20.3 Å². The van der Waals surface area contributed by atoms with Crippen molar-refractivity contribution in [2.75, 3.05) is 0 Å². The minimum atomic E-state index is -0.966. The van der Waals surface area contributed by atoms with Gasteiger partial charge in [-0.05, 0) is 0 Å². The van der Waals surface area contributed by atoms with Gasteiger partial charge < -0.3 is 24.8 Å². The minimum Gasteiger partial charge on any atom is -1.00 e. The van der Waals surface area contributed by atoms with Gasteiger partial charge in [0.2, 0.25) is 0 Å². The Labute approximate surface area is 163 Å². The molecular weight excluding hydrogens is 506 g/mol. The molecule has 0 spiro atoms. The molecule has 2 aromatic rings. The van der Waals surface area contributed by atoms with Crippen molar-refractivity contribution < 1.29 is 46.9 Å². The third-order valence-electron chi connectivity index (χ3n) is 4.24. The molecule has 0 N–H and O–H groups in total. The van der Waals surface area contributed by atoms with E-state index >= 15 is 0 Å². The Bertz CT molecular complexity index is 642. The first kappa shape index (κ1) is 20.6. The Balaban J connectivity index is 0.00000132. The molecule has 0 aromatic heterocycles. The summed E-state index contributed by atoms with van der Waals surface area (Å²) in [6, 6.07) is 22.6. The molecule has 0 nitrogen and oxygen atoms in total. The van der Waals surface area contributed by atoms with Crippen LogP contribution in [-0.4, -0.2) is 5.98 Å². The second-order valence-electron chi connectivity index (χ2n) is 5.59. The number of hydrogen-bond donors (Lipinski definition) is 0. The van der Waals surface area contributed by atoms with E-state index in [-0.39, 0.29) is 24.8 Å². The van der Waals surface area contributed by atoms with Gasteiger partial charge in [-0.15, -0.1) is 0 Å². The number of rotatable bonds is 4. The average molecular weight is 526 g/mol. The fourth-order valence-corrected chi connectivity index (χ4v) is 21.6. The molecular formula is C19H20Cl2HfSi. The summed E-state index contributed by atoms with van der Waals surface area (Å²) < 4.78 is 1.84. The first-order chi connectivity index (χ1) is 10.3. The fourth-order valence-electron chi connectivity index (χ4n) is 2.79. The Morgan fingerprint density at radius 2 is 1.26 bits per heavy atom. The topological polar surface area (TPSA) is 0 Å². The van der Waals surface area contributed by atoms with E-state index in [4.69, 9.17) is 0 Å². The summed E-state index contributed by atoms with van der Waals surface area (Å²) in [6.45, 7) is 4.61. The van der Waals surface area contributed by atoms with E-state index in [2.05, 4.69) is 80.6 Å². The van der Waals surface area contributed by atoms with E-state index in [1.165, 1.54) is 12.0 Å². The molecule has 0 fully saturated rings. The summed E-state index contributed by atoms with van der Waals surface area (Å²) in [5.74, 6) is -0.966. The summed E-state index contributed by atoms with van der Waals surface area (Å²) >= 11 is -0.794. The molecule has 4 heteroatoms. The average Bonchev–Trinajstić information content (AvgIpc) is 2.86. The van der Waals surface area contributed by atoms with Gasteiger partial charge in [-0.1, -0.05) is 0 Å². The Kier molecular flexibility index (Phi) is 8.77. The summed E-state index contributed by atoms with van der Waals surface area (Å²) in [5, 5.41) is 3.27. The molecule has 0 heterocycles. The predicted molar refractivity (Wildman–Crippen MR) is 90.4 cm³/mol. The zero-order valence-electron chi connectivity index (χ0n) is 13.4. The van der Waals surface area contributed by atoms with Gasteiger partial charge in [-0.25, -0.2) is 0 Å². The van der Waals surface area contributed by atoms with Crippen molar-refractivity contribution in [3.8, 4) is 0 Å². The molecule has 0 saturated heterocycles. The minimum absolute atomic E-state index is 0. The molecule has 0 saturated carbocycles. The summed E-state index contributed by atoms with van der Waals surface area (Å²) in [7, 11) is 0. The van der Waals surface area contributed by atoms with Crippen LogP contribution in [0.5, 0.6) is 0 Å². The Morgan fingerprint density at radius 1 is 0.783 bits per heavy atom. The summed E-state index contributed by atoms with van der Waals surface area (Å²) in [6.07, 6.45) is 3.67. The second kappa shape index (κ2) is 9.78. The van der Waals surface area contributed by atoms with Gasteiger partial charge in [0.15, 0.2) is 0 Å². The van der Waals surface area contributed by atoms with Crippen LogP contribution in [0.2, 0.25) is 0 Å². The van der Waals surface area contributed by atoms with Crippen molar-refractivity contribution in [3.63, 3.8) is 0 Å². The van der Waals surface area contributed by atoms with Gasteiger partial charge in [-0.2, -0.15) is 0 Å². The van der Waals surface area contributed by atoms with Crippen LogP contribution in [0, 0.1) is 0 Å². The molecule has 23 heavy (non-hydrogen) atoms. The molecule has 0 unspecified atom stereocenters. The third-order valence-corrected chi connectivity index (χ3v) is 23.1. The van der Waals surface area contributed by atoms with Gasteiger partial charge in [0.05, 0.1) is 0 Å². The van der Waals surface area contributed by atoms with E-state index in [1.807, 2.05) is 3.33 Å². The molecule has 1 aliphatic rings. The maximum atomic E-state index is 2.43. The maximum Gasteiger partial charge on any atom is -1.00 e. The van der Waals surface area contributed by atoms with E-state index in [1.54, 1.807) is 15.9 Å². The van der Waals surface area contributed by atoms with E-state index in [9.17, 15) is 0 Å². The van der Waals surface area contributed by atoms with Crippen LogP contribution in [0.15, 0.2) is 81.2 Å². The predicted octanol–water partition coefficient (Wildman–Crippen LogP) is -2.76. The number of halogens is 2. The van der Waals surface area contributed by atoms with Crippen molar-refractivity contribution in [1.82, 2.24) is 0 Å². The van der Waals surface area contributed by atoms with Crippen LogP contribution in [-0.2, 0) is 22.1 Å². The molecule has 0 aliphatic heterocycles. The Morgan fingerprint density at radius 3 is 1.65 bits per heavy atom. The standard InChI is InChI=1S/C12H11Si.C7H9.2ClH.Hf/c1-3-7-11(8-4-1)13-12-9-5-2-6-10-12;1-6-4-3-5-7(6)2;;;/h1-10,13H;4H,3H2,1-2H3;2*1H;/q;;;;+2/p-2. The van der Waals surface area contributed by atoms with Crippen LogP contribution < -0.4 is 35.2 Å². The van der Waals surface area contributed by atoms with Crippen molar-refractivity contribution in [1.29, 1.82) is 0 Å². The van der Waals surface area contributed by atoms with Gasteiger partial charge in [0, 0.05) is 0 Å². The van der Waals surface area contributed by atoms with Crippen molar-refractivity contribution in [2.24, 2.45) is 0 Å². The normalized spacial score (nSPS) is 13.1. The molecule has 2 aromatic carbocycles. The fraction of sp³-hybridized carbons (Fsp3) is 0.158. The van der Waals surface area contributed by atoms with E-state index in [0.717, 1.165) is 0 Å². The van der Waals surface area contributed by atoms with Gasteiger partial charge in [0.1, 0.15) is 0 Å². The zero-order chi connectivity index (χ0) is 14.7. The van der Waals surface area contributed by atoms with Crippen LogP contribution in [0.25, 0.3) is 0 Å². The third kappa shape index (κ3) is 5.03. The molecule has 0 amide bonds. The van der Waals surface area contributed by atoms with E-state index in [0.29, 0.717) is 0 Å². The zero-order valence-corrected chi connectivity index (χ0v) is 19.7. The van der Waals surface area contributed by atoms with Gasteiger partial charge in [0.25, 0.3) is 0 Å². The maximum absolute atomic E-state index is 2.43. The van der Waals surface area contributed by atoms with Crippen molar-refractivity contribution in [3.05, 3.63) is 81.2 Å². The van der Waals surface area contributed by atoms with Crippen LogP contribution >= 0.6 is 0 Å². The summed E-state index contributed by atoms with van der Waals surface area (Å²) in [5.41, 5.74) is 3.13. The number of benzene rings is 2. The molecule has 0 atom stereocenters. The SMILES string of the molecule is CC1=CC[C]([Hf+2][SiH](c2ccccc2)c2ccccc2)=C1C.[Cl-].[Cl-]. The molecule has 0 radical (unpaired) electrons. The first-order valence-corrected chi connectivity index (χ1v) is 17.2. The van der Waals surface area contributed by atoms with Gasteiger partial charge in [-0.3, -0.25) is 0 Å². The van der Waals surface area contributed by atoms with Gasteiger partial charge >= 0.3 is 140 Å². The van der Waals surface area contributed by atoms with Crippen LogP contribution in [0.3, 0.4) is 0 Å². The smallest absolute Gasteiger partial charge is 1.00 e. The molecule has 3 rings (SSSR count). The monoisotopic (exact) mass is 526 g/mol. The van der Waals surface area contributed by atoms with E-state index < -0.39 is 28.1 Å². The molecule has 118 valence electrons. The molecule has 0 bridgehead atoms. The first-order valence-electron chi connectivity index (χ1n) is 7.49. The van der Waals surface area contributed by atoms with Crippen LogP contribution in [0.4, 0.5) is 0 Å². The second-order valence-corrected chi connectivity index (χ2v) is 19.6. The van der Waals surface area contributed by atoms with Crippen LogP contribution in [0.1, 0.15) is 20.3 Å². The number of hydrogen-bond acceptors (Lipinski definition) is 0. The number of allylic oxidation sites excluding steroid dienone is 4. The summed E-state index contributed by atoms with van der Waals surface area (Å²) in [4.78, 5) is 0. The largest absolute Gasteiger partial charge is 1.00 e. The van der Waals surface area contributed by atoms with Crippen molar-refractivity contribution >= 4 is 16.4 Å².